The van der Waals surface area contributed by atoms with Crippen LogP contribution in [0.1, 0.15) is 31.4 Å². The molecule has 130 valence electrons. The van der Waals surface area contributed by atoms with Gasteiger partial charge in [-0.2, -0.15) is 0 Å². The molecule has 1 heterocycles. The van der Waals surface area contributed by atoms with E-state index >= 15 is 0 Å². The van der Waals surface area contributed by atoms with Crippen LogP contribution in [0.25, 0.3) is 0 Å². The fraction of sp³-hybridized carbons (Fsp3) is 0.684. The number of ether oxygens (including phenoxy) is 2. The van der Waals surface area contributed by atoms with E-state index in [1.54, 1.807) is 7.11 Å². The largest absolute Gasteiger partial charge is 0.496 e. The average Bonchev–Trinajstić information content (AvgIpc) is 2.60. The first kappa shape index (κ1) is 18.2. The summed E-state index contributed by atoms with van der Waals surface area (Å²) in [7, 11) is 1.76. The number of morpholine rings is 1. The molecule has 0 atom stereocenters. The zero-order chi connectivity index (χ0) is 16.5. The van der Waals surface area contributed by atoms with E-state index in [0.29, 0.717) is 0 Å². The molecule has 1 fully saturated rings. The van der Waals surface area contributed by atoms with Gasteiger partial charge in [-0.3, -0.25) is 9.80 Å². The lowest BCUT2D eigenvalue weighted by Gasteiger charge is -2.26. The van der Waals surface area contributed by atoms with Gasteiger partial charge in [0, 0.05) is 25.2 Å². The van der Waals surface area contributed by atoms with Crippen LogP contribution in [0.2, 0.25) is 0 Å². The number of rotatable bonds is 9. The van der Waals surface area contributed by atoms with Crippen molar-refractivity contribution in [1.82, 2.24) is 9.80 Å². The fourth-order valence-corrected chi connectivity index (χ4v) is 3.13. The molecule has 1 aliphatic heterocycles. The second-order valence-corrected chi connectivity index (χ2v) is 6.17. The highest BCUT2D eigenvalue weighted by molar-refractivity contribution is 5.37. The second-order valence-electron chi connectivity index (χ2n) is 6.17. The highest BCUT2D eigenvalue weighted by Crippen LogP contribution is 2.22. The van der Waals surface area contributed by atoms with Gasteiger partial charge in [0.05, 0.1) is 20.3 Å². The molecule has 0 amide bonds. The summed E-state index contributed by atoms with van der Waals surface area (Å²) < 4.78 is 10.9. The molecule has 0 spiro atoms. The van der Waals surface area contributed by atoms with E-state index in [0.717, 1.165) is 58.1 Å². The van der Waals surface area contributed by atoms with Gasteiger partial charge < -0.3 is 9.47 Å². The van der Waals surface area contributed by atoms with E-state index < -0.39 is 0 Å². The van der Waals surface area contributed by atoms with Crippen molar-refractivity contribution in [2.24, 2.45) is 0 Å². The Morgan fingerprint density at radius 1 is 1.17 bits per heavy atom. The Balaban J connectivity index is 1.90. The van der Waals surface area contributed by atoms with Crippen LogP contribution < -0.4 is 4.74 Å². The second kappa shape index (κ2) is 9.91. The molecule has 0 N–H and O–H groups in total. The van der Waals surface area contributed by atoms with E-state index in [9.17, 15) is 0 Å². The molecule has 0 radical (unpaired) electrons. The summed E-state index contributed by atoms with van der Waals surface area (Å²) in [6.07, 6.45) is 2.34. The first-order chi connectivity index (χ1) is 11.3. The summed E-state index contributed by atoms with van der Waals surface area (Å²) in [4.78, 5) is 4.93. The number of aryl methyl sites for hydroxylation is 1. The Morgan fingerprint density at radius 2 is 1.91 bits per heavy atom. The molecular formula is C19H32N2O2. The number of hydrogen-bond donors (Lipinski definition) is 0. The summed E-state index contributed by atoms with van der Waals surface area (Å²) in [6.45, 7) is 12.6. The van der Waals surface area contributed by atoms with Crippen molar-refractivity contribution in [3.8, 4) is 5.75 Å². The molecule has 0 aromatic heterocycles. The third-order valence-electron chi connectivity index (χ3n) is 4.68. The highest BCUT2D eigenvalue weighted by Gasteiger charge is 2.11. The predicted molar refractivity (Wildman–Crippen MR) is 95.2 cm³/mol. The smallest absolute Gasteiger partial charge is 0.123 e. The van der Waals surface area contributed by atoms with Crippen molar-refractivity contribution in [2.75, 3.05) is 53.0 Å². The zero-order valence-electron chi connectivity index (χ0n) is 15.0. The minimum atomic E-state index is 0.885. The molecule has 0 unspecified atom stereocenters. The third kappa shape index (κ3) is 5.79. The Labute approximate surface area is 141 Å². The van der Waals surface area contributed by atoms with Gasteiger partial charge in [0.2, 0.25) is 0 Å². The maximum Gasteiger partial charge on any atom is 0.123 e. The Morgan fingerprint density at radius 3 is 2.57 bits per heavy atom. The van der Waals surface area contributed by atoms with E-state index in [4.69, 9.17) is 9.47 Å². The molecule has 0 aliphatic carbocycles. The van der Waals surface area contributed by atoms with Gasteiger partial charge in [-0.05, 0) is 44.1 Å². The van der Waals surface area contributed by atoms with Crippen LogP contribution in [0, 0.1) is 0 Å². The Kier molecular flexibility index (Phi) is 7.86. The summed E-state index contributed by atoms with van der Waals surface area (Å²) >= 11 is 0. The molecule has 1 aromatic rings. The molecule has 4 nitrogen and oxygen atoms in total. The molecule has 23 heavy (non-hydrogen) atoms. The molecule has 1 aromatic carbocycles. The Hall–Kier alpha value is -1.10. The first-order valence-corrected chi connectivity index (χ1v) is 8.95. The normalized spacial score (nSPS) is 16.0. The van der Waals surface area contributed by atoms with Crippen molar-refractivity contribution >= 4 is 0 Å². The topological polar surface area (TPSA) is 24.9 Å². The molecule has 1 saturated heterocycles. The lowest BCUT2D eigenvalue weighted by atomic mass is 10.0. The van der Waals surface area contributed by atoms with Gasteiger partial charge in [0.25, 0.3) is 0 Å². The zero-order valence-corrected chi connectivity index (χ0v) is 15.0. The van der Waals surface area contributed by atoms with Gasteiger partial charge in [0.15, 0.2) is 0 Å². The first-order valence-electron chi connectivity index (χ1n) is 8.95. The summed E-state index contributed by atoms with van der Waals surface area (Å²) in [6, 6.07) is 6.67. The number of nitrogens with zero attached hydrogens (tertiary/aromatic N) is 2. The summed E-state index contributed by atoms with van der Waals surface area (Å²) in [5.74, 6) is 1.01. The van der Waals surface area contributed by atoms with Gasteiger partial charge >= 0.3 is 0 Å². The van der Waals surface area contributed by atoms with E-state index in [-0.39, 0.29) is 0 Å². The minimum absolute atomic E-state index is 0.885. The molecule has 0 saturated carbocycles. The Bertz CT molecular complexity index is 455. The van der Waals surface area contributed by atoms with E-state index in [1.165, 1.54) is 24.1 Å². The van der Waals surface area contributed by atoms with Crippen LogP contribution in [-0.4, -0.2) is 62.8 Å². The summed E-state index contributed by atoms with van der Waals surface area (Å²) in [5.41, 5.74) is 2.72. The van der Waals surface area contributed by atoms with Crippen LogP contribution in [0.15, 0.2) is 18.2 Å². The van der Waals surface area contributed by atoms with E-state index in [2.05, 4.69) is 41.8 Å². The minimum Gasteiger partial charge on any atom is -0.496 e. The maximum absolute atomic E-state index is 5.54. The van der Waals surface area contributed by atoms with E-state index in [1.807, 2.05) is 0 Å². The predicted octanol–water partition coefficient (Wildman–Crippen LogP) is 2.80. The number of benzene rings is 1. The van der Waals surface area contributed by atoms with Gasteiger partial charge in [-0.1, -0.05) is 26.0 Å². The third-order valence-corrected chi connectivity index (χ3v) is 4.68. The SMILES string of the molecule is CCN(CC)Cc1cc(CCCN2CCOCC2)ccc1OC. The van der Waals surface area contributed by atoms with Crippen LogP contribution in [-0.2, 0) is 17.7 Å². The van der Waals surface area contributed by atoms with Crippen molar-refractivity contribution in [3.63, 3.8) is 0 Å². The monoisotopic (exact) mass is 320 g/mol. The van der Waals surface area contributed by atoms with Gasteiger partial charge in [-0.15, -0.1) is 0 Å². The standard InChI is InChI=1S/C19H32N2O2/c1-4-20(5-2)16-18-15-17(8-9-19(18)22-3)7-6-10-21-11-13-23-14-12-21/h8-9,15H,4-7,10-14,16H2,1-3H3. The van der Waals surface area contributed by atoms with Crippen LogP contribution in [0.3, 0.4) is 0 Å². The lowest BCUT2D eigenvalue weighted by molar-refractivity contribution is 0.0374. The molecule has 0 bridgehead atoms. The number of hydrogen-bond acceptors (Lipinski definition) is 4. The lowest BCUT2D eigenvalue weighted by Crippen LogP contribution is -2.36. The molecule has 4 heteroatoms. The van der Waals surface area contributed by atoms with Crippen LogP contribution in [0.5, 0.6) is 5.75 Å². The average molecular weight is 320 g/mol. The van der Waals surface area contributed by atoms with Gasteiger partial charge in [-0.25, -0.2) is 0 Å². The van der Waals surface area contributed by atoms with Crippen LogP contribution >= 0.6 is 0 Å². The quantitative estimate of drug-likeness (QED) is 0.698. The highest BCUT2D eigenvalue weighted by atomic mass is 16.5. The van der Waals surface area contributed by atoms with Crippen molar-refractivity contribution in [2.45, 2.75) is 33.2 Å². The maximum atomic E-state index is 5.54. The van der Waals surface area contributed by atoms with Gasteiger partial charge in [0.1, 0.15) is 5.75 Å². The molecular weight excluding hydrogens is 288 g/mol. The fourth-order valence-electron chi connectivity index (χ4n) is 3.13. The molecule has 1 aliphatic rings. The van der Waals surface area contributed by atoms with Crippen molar-refractivity contribution < 1.29 is 9.47 Å². The van der Waals surface area contributed by atoms with Crippen molar-refractivity contribution in [1.29, 1.82) is 0 Å². The molecule has 2 rings (SSSR count). The van der Waals surface area contributed by atoms with Crippen molar-refractivity contribution in [3.05, 3.63) is 29.3 Å². The number of methoxy groups -OCH3 is 1. The summed E-state index contributed by atoms with van der Waals surface area (Å²) in [5, 5.41) is 0. The van der Waals surface area contributed by atoms with Crippen LogP contribution in [0.4, 0.5) is 0 Å².